The summed E-state index contributed by atoms with van der Waals surface area (Å²) >= 11 is 0. The van der Waals surface area contributed by atoms with E-state index in [9.17, 15) is 9.59 Å². The van der Waals surface area contributed by atoms with Crippen molar-refractivity contribution in [3.8, 4) is 11.6 Å². The number of amides is 1. The topological polar surface area (TPSA) is 91.8 Å². The van der Waals surface area contributed by atoms with Crippen LogP contribution in [0.2, 0.25) is 0 Å². The number of hydrogen-bond acceptors (Lipinski definition) is 5. The molecule has 3 heterocycles. The number of likely N-dealkylation sites (tertiary alicyclic amines) is 1. The highest BCUT2D eigenvalue weighted by Gasteiger charge is 2.26. The van der Waals surface area contributed by atoms with E-state index in [1.54, 1.807) is 25.4 Å². The minimum Gasteiger partial charge on any atom is -0.342 e. The van der Waals surface area contributed by atoms with E-state index in [1.807, 2.05) is 4.90 Å². The Balaban J connectivity index is 1.81. The van der Waals surface area contributed by atoms with Gasteiger partial charge >= 0.3 is 0 Å². The molecule has 1 aliphatic rings. The van der Waals surface area contributed by atoms with Crippen molar-refractivity contribution >= 4 is 5.91 Å². The maximum atomic E-state index is 12.6. The summed E-state index contributed by atoms with van der Waals surface area (Å²) in [6, 6.07) is 1.70. The van der Waals surface area contributed by atoms with Gasteiger partial charge in [0.2, 0.25) is 5.91 Å². The lowest BCUT2D eigenvalue weighted by molar-refractivity contribution is -0.133. The van der Waals surface area contributed by atoms with Gasteiger partial charge in [0.05, 0.1) is 6.42 Å². The second-order valence-electron chi connectivity index (χ2n) is 6.97. The van der Waals surface area contributed by atoms with Gasteiger partial charge in [-0.2, -0.15) is 0 Å². The molecule has 0 aliphatic carbocycles. The summed E-state index contributed by atoms with van der Waals surface area (Å²) < 4.78 is 0. The number of hydrogen-bond donors (Lipinski definition) is 1. The summed E-state index contributed by atoms with van der Waals surface area (Å²) in [4.78, 5) is 42.2. The zero-order chi connectivity index (χ0) is 18.0. The molecule has 1 amide bonds. The fraction of sp³-hybridized carbons (Fsp3) is 0.500. The maximum Gasteiger partial charge on any atom is 0.255 e. The Bertz CT molecular complexity index is 808. The van der Waals surface area contributed by atoms with E-state index in [-0.39, 0.29) is 17.9 Å². The Morgan fingerprint density at radius 1 is 1.24 bits per heavy atom. The maximum absolute atomic E-state index is 12.6. The van der Waals surface area contributed by atoms with E-state index in [0.717, 1.165) is 19.5 Å². The Morgan fingerprint density at radius 3 is 2.48 bits per heavy atom. The standard InChI is InChI=1S/C18H23N5O2/c1-11-7-12(2)10-23(9-11)15(24)8-14-13(3)21-17(22-18(14)25)16-19-5-4-6-20-16/h4-6,11-12H,7-10H2,1-3H3,(H,21,22,25). The van der Waals surface area contributed by atoms with Gasteiger partial charge in [-0.3, -0.25) is 9.59 Å². The first-order valence-electron chi connectivity index (χ1n) is 8.59. The molecule has 7 nitrogen and oxygen atoms in total. The number of carbonyl (C=O) groups is 1. The number of H-pyrrole nitrogens is 1. The van der Waals surface area contributed by atoms with E-state index in [2.05, 4.69) is 33.8 Å². The molecule has 3 rings (SSSR count). The summed E-state index contributed by atoms with van der Waals surface area (Å²) in [5.74, 6) is 1.64. The van der Waals surface area contributed by atoms with Gasteiger partial charge in [0.25, 0.3) is 5.56 Å². The molecule has 1 aliphatic heterocycles. The first-order valence-corrected chi connectivity index (χ1v) is 8.59. The van der Waals surface area contributed by atoms with E-state index in [1.165, 1.54) is 0 Å². The summed E-state index contributed by atoms with van der Waals surface area (Å²) in [6.07, 6.45) is 4.39. The van der Waals surface area contributed by atoms with Crippen LogP contribution in [0.4, 0.5) is 0 Å². The van der Waals surface area contributed by atoms with Crippen molar-refractivity contribution in [2.24, 2.45) is 11.8 Å². The highest BCUT2D eigenvalue weighted by atomic mass is 16.2. The van der Waals surface area contributed by atoms with Crippen LogP contribution < -0.4 is 5.56 Å². The van der Waals surface area contributed by atoms with Crippen LogP contribution in [0.3, 0.4) is 0 Å². The number of rotatable bonds is 3. The van der Waals surface area contributed by atoms with Crippen LogP contribution in [0.1, 0.15) is 31.5 Å². The third-order valence-corrected chi connectivity index (χ3v) is 4.55. The van der Waals surface area contributed by atoms with Gasteiger partial charge in [0.15, 0.2) is 11.6 Å². The van der Waals surface area contributed by atoms with Crippen LogP contribution >= 0.6 is 0 Å². The van der Waals surface area contributed by atoms with Crippen molar-refractivity contribution < 1.29 is 4.79 Å². The molecular formula is C18H23N5O2. The first-order chi connectivity index (χ1) is 11.9. The molecular weight excluding hydrogens is 318 g/mol. The van der Waals surface area contributed by atoms with Crippen LogP contribution in [-0.2, 0) is 11.2 Å². The summed E-state index contributed by atoms with van der Waals surface area (Å²) in [7, 11) is 0. The lowest BCUT2D eigenvalue weighted by Crippen LogP contribution is -2.43. The molecule has 1 fully saturated rings. The van der Waals surface area contributed by atoms with E-state index in [0.29, 0.717) is 34.7 Å². The number of aromatic nitrogens is 4. The van der Waals surface area contributed by atoms with Crippen LogP contribution in [0.5, 0.6) is 0 Å². The molecule has 2 aromatic rings. The molecule has 132 valence electrons. The largest absolute Gasteiger partial charge is 0.342 e. The van der Waals surface area contributed by atoms with Crippen molar-refractivity contribution in [1.29, 1.82) is 0 Å². The molecule has 0 radical (unpaired) electrons. The highest BCUT2D eigenvalue weighted by molar-refractivity contribution is 5.79. The molecule has 2 aromatic heterocycles. The van der Waals surface area contributed by atoms with Crippen LogP contribution in [0, 0.1) is 18.8 Å². The van der Waals surface area contributed by atoms with E-state index in [4.69, 9.17) is 0 Å². The number of nitrogens with zero attached hydrogens (tertiary/aromatic N) is 4. The molecule has 0 bridgehead atoms. The molecule has 0 aromatic carbocycles. The van der Waals surface area contributed by atoms with Gasteiger partial charge in [0, 0.05) is 36.7 Å². The van der Waals surface area contributed by atoms with Gasteiger partial charge in [-0.15, -0.1) is 0 Å². The molecule has 1 saturated heterocycles. The highest BCUT2D eigenvalue weighted by Crippen LogP contribution is 2.21. The fourth-order valence-electron chi connectivity index (χ4n) is 3.48. The first kappa shape index (κ1) is 17.3. The minimum atomic E-state index is -0.304. The number of carbonyl (C=O) groups excluding carboxylic acids is 1. The van der Waals surface area contributed by atoms with Gasteiger partial charge in [-0.05, 0) is 31.2 Å². The quantitative estimate of drug-likeness (QED) is 0.915. The Hall–Kier alpha value is -2.57. The predicted octanol–water partition coefficient (Wildman–Crippen LogP) is 1.58. The zero-order valence-corrected chi connectivity index (χ0v) is 14.8. The van der Waals surface area contributed by atoms with Crippen LogP contribution in [0.15, 0.2) is 23.3 Å². The van der Waals surface area contributed by atoms with Gasteiger partial charge in [-0.1, -0.05) is 13.8 Å². The van der Waals surface area contributed by atoms with Crippen LogP contribution in [0.25, 0.3) is 11.6 Å². The average Bonchev–Trinajstić information content (AvgIpc) is 2.57. The predicted molar refractivity (Wildman–Crippen MR) is 93.8 cm³/mol. The van der Waals surface area contributed by atoms with Crippen molar-refractivity contribution in [3.63, 3.8) is 0 Å². The van der Waals surface area contributed by atoms with Gasteiger partial charge < -0.3 is 9.88 Å². The third kappa shape index (κ3) is 3.92. The summed E-state index contributed by atoms with van der Waals surface area (Å²) in [6.45, 7) is 7.56. The lowest BCUT2D eigenvalue weighted by atomic mass is 9.91. The van der Waals surface area contributed by atoms with Crippen molar-refractivity contribution in [2.45, 2.75) is 33.6 Å². The number of aryl methyl sites for hydroxylation is 1. The molecule has 0 spiro atoms. The second-order valence-corrected chi connectivity index (χ2v) is 6.97. The molecule has 1 N–H and O–H groups in total. The summed E-state index contributed by atoms with van der Waals surface area (Å²) in [5, 5.41) is 0. The lowest BCUT2D eigenvalue weighted by Gasteiger charge is -2.35. The Labute approximate surface area is 146 Å². The number of piperidine rings is 1. The molecule has 2 atom stereocenters. The van der Waals surface area contributed by atoms with Gasteiger partial charge in [0.1, 0.15) is 0 Å². The van der Waals surface area contributed by atoms with E-state index >= 15 is 0 Å². The van der Waals surface area contributed by atoms with Crippen molar-refractivity contribution in [2.75, 3.05) is 13.1 Å². The molecule has 2 unspecified atom stereocenters. The number of aromatic amines is 1. The van der Waals surface area contributed by atoms with Crippen molar-refractivity contribution in [1.82, 2.24) is 24.8 Å². The fourth-order valence-corrected chi connectivity index (χ4v) is 3.48. The molecule has 0 saturated carbocycles. The molecule has 7 heteroatoms. The smallest absolute Gasteiger partial charge is 0.255 e. The second kappa shape index (κ2) is 7.13. The number of nitrogens with one attached hydrogen (secondary N) is 1. The zero-order valence-electron chi connectivity index (χ0n) is 14.8. The van der Waals surface area contributed by atoms with Gasteiger partial charge in [-0.25, -0.2) is 15.0 Å². The minimum absolute atomic E-state index is 0.0162. The van der Waals surface area contributed by atoms with E-state index < -0.39 is 0 Å². The Kier molecular flexibility index (Phi) is 4.92. The third-order valence-electron chi connectivity index (χ3n) is 4.55. The normalized spacial score (nSPS) is 20.5. The molecule has 25 heavy (non-hydrogen) atoms. The SMILES string of the molecule is Cc1nc(-c2ncccn2)[nH]c(=O)c1CC(=O)N1CC(C)CC(C)C1. The van der Waals surface area contributed by atoms with Crippen LogP contribution in [-0.4, -0.2) is 43.8 Å². The monoisotopic (exact) mass is 341 g/mol. The van der Waals surface area contributed by atoms with Crippen molar-refractivity contribution in [3.05, 3.63) is 40.1 Å². The average molecular weight is 341 g/mol. The Morgan fingerprint density at radius 2 is 1.88 bits per heavy atom. The summed E-state index contributed by atoms with van der Waals surface area (Å²) in [5.41, 5.74) is 0.648.